The smallest absolute Gasteiger partial charge is 0.221 e. The molecule has 2 rings (SSSR count). The third-order valence-electron chi connectivity index (χ3n) is 2.56. The molecule has 2 aromatic rings. The van der Waals surface area contributed by atoms with Gasteiger partial charge in [-0.15, -0.1) is 0 Å². The largest absolute Gasteiger partial charge is 0.332 e. The summed E-state index contributed by atoms with van der Waals surface area (Å²) in [5.41, 5.74) is 2.12. The molecule has 0 saturated carbocycles. The van der Waals surface area contributed by atoms with Crippen molar-refractivity contribution in [1.29, 1.82) is 0 Å². The number of halogens is 2. The molecule has 0 spiro atoms. The third kappa shape index (κ3) is 5.18. The lowest BCUT2D eigenvalue weighted by molar-refractivity contribution is -0.114. The van der Waals surface area contributed by atoms with Crippen molar-refractivity contribution in [3.05, 3.63) is 52.5 Å². The van der Waals surface area contributed by atoms with Crippen LogP contribution in [-0.4, -0.2) is 11.0 Å². The minimum atomic E-state index is -0.133. The summed E-state index contributed by atoms with van der Waals surface area (Å²) in [6.07, 6.45) is 0. The van der Waals surface area contributed by atoms with Crippen LogP contribution in [0, 0.1) is 0 Å². The predicted molar refractivity (Wildman–Crippen MR) is 97.1 cm³/mol. The topological polar surface area (TPSA) is 53.2 Å². The van der Waals surface area contributed by atoms with Crippen molar-refractivity contribution in [3.63, 3.8) is 0 Å². The van der Waals surface area contributed by atoms with Gasteiger partial charge in [-0.25, -0.2) is 0 Å². The fourth-order valence-electron chi connectivity index (χ4n) is 1.80. The Balaban J connectivity index is 2.04. The zero-order valence-electron chi connectivity index (χ0n) is 11.6. The Bertz CT molecular complexity index is 701. The first-order chi connectivity index (χ1) is 10.4. The van der Waals surface area contributed by atoms with Crippen molar-refractivity contribution >= 4 is 63.5 Å². The van der Waals surface area contributed by atoms with Crippen LogP contribution in [0.5, 0.6) is 0 Å². The van der Waals surface area contributed by atoms with E-state index in [4.69, 9.17) is 35.4 Å². The van der Waals surface area contributed by atoms with Crippen LogP contribution < -0.4 is 16.0 Å². The number of carbonyl (C=O) groups is 1. The van der Waals surface area contributed by atoms with E-state index in [2.05, 4.69) is 16.0 Å². The van der Waals surface area contributed by atoms with Gasteiger partial charge in [0.15, 0.2) is 5.11 Å². The molecule has 0 radical (unpaired) electrons. The summed E-state index contributed by atoms with van der Waals surface area (Å²) in [5, 5.41) is 10.2. The first-order valence-electron chi connectivity index (χ1n) is 6.34. The molecule has 0 fully saturated rings. The lowest BCUT2D eigenvalue weighted by Gasteiger charge is -2.12. The first kappa shape index (κ1) is 16.5. The maximum atomic E-state index is 11.1. The molecular formula is C15H13Cl2N3OS. The fourth-order valence-corrected chi connectivity index (χ4v) is 2.56. The quantitative estimate of drug-likeness (QED) is 0.696. The molecule has 4 nitrogen and oxygen atoms in total. The molecule has 0 aliphatic rings. The van der Waals surface area contributed by atoms with Crippen molar-refractivity contribution in [3.8, 4) is 0 Å². The second kappa shape index (κ2) is 7.45. The molecule has 0 aliphatic carbocycles. The van der Waals surface area contributed by atoms with Gasteiger partial charge in [-0.1, -0.05) is 29.3 Å². The van der Waals surface area contributed by atoms with Crippen LogP contribution in [0.25, 0.3) is 0 Å². The molecule has 7 heteroatoms. The van der Waals surface area contributed by atoms with Crippen LogP contribution in [0.2, 0.25) is 10.0 Å². The molecule has 0 aliphatic heterocycles. The summed E-state index contributed by atoms with van der Waals surface area (Å²) in [4.78, 5) is 11.1. The molecule has 0 unspecified atom stereocenters. The van der Waals surface area contributed by atoms with E-state index < -0.39 is 0 Å². The van der Waals surface area contributed by atoms with Gasteiger partial charge in [0, 0.05) is 34.0 Å². The number of rotatable bonds is 3. The van der Waals surface area contributed by atoms with Crippen LogP contribution >= 0.6 is 35.4 Å². The molecule has 0 heterocycles. The summed E-state index contributed by atoms with van der Waals surface area (Å²) in [5.74, 6) is -0.133. The molecular weight excluding hydrogens is 341 g/mol. The van der Waals surface area contributed by atoms with Crippen molar-refractivity contribution < 1.29 is 4.79 Å². The highest BCUT2D eigenvalue weighted by atomic mass is 35.5. The highest BCUT2D eigenvalue weighted by molar-refractivity contribution is 7.80. The number of thiocarbonyl (C=S) groups is 1. The van der Waals surface area contributed by atoms with E-state index in [1.165, 1.54) is 6.92 Å². The molecule has 0 atom stereocenters. The van der Waals surface area contributed by atoms with Crippen LogP contribution in [-0.2, 0) is 4.79 Å². The lowest BCUT2D eigenvalue weighted by Crippen LogP contribution is -2.19. The van der Waals surface area contributed by atoms with Crippen LogP contribution in [0.15, 0.2) is 42.5 Å². The van der Waals surface area contributed by atoms with Crippen molar-refractivity contribution in [2.24, 2.45) is 0 Å². The van der Waals surface area contributed by atoms with E-state index >= 15 is 0 Å². The monoisotopic (exact) mass is 353 g/mol. The van der Waals surface area contributed by atoms with Gasteiger partial charge in [-0.3, -0.25) is 4.79 Å². The molecule has 1 amide bonds. The number of hydrogen-bond acceptors (Lipinski definition) is 2. The molecule has 114 valence electrons. The molecule has 0 bridgehead atoms. The Morgan fingerprint density at radius 2 is 1.45 bits per heavy atom. The number of carbonyl (C=O) groups excluding carboxylic acids is 1. The van der Waals surface area contributed by atoms with E-state index in [1.54, 1.807) is 30.3 Å². The first-order valence-corrected chi connectivity index (χ1v) is 7.50. The van der Waals surface area contributed by atoms with Crippen molar-refractivity contribution in [2.75, 3.05) is 16.0 Å². The molecule has 22 heavy (non-hydrogen) atoms. The Morgan fingerprint density at radius 1 is 0.909 bits per heavy atom. The maximum absolute atomic E-state index is 11.1. The SMILES string of the molecule is CC(=O)Nc1cccc(NC(=S)Nc2cc(Cl)cc(Cl)c2)c1. The zero-order chi connectivity index (χ0) is 16.1. The minimum Gasteiger partial charge on any atom is -0.332 e. The Kier molecular flexibility index (Phi) is 5.60. The van der Waals surface area contributed by atoms with Crippen LogP contribution in [0.1, 0.15) is 6.92 Å². The highest BCUT2D eigenvalue weighted by Crippen LogP contribution is 2.23. The summed E-state index contributed by atoms with van der Waals surface area (Å²) in [6.45, 7) is 1.45. The van der Waals surface area contributed by atoms with E-state index in [0.29, 0.717) is 26.5 Å². The van der Waals surface area contributed by atoms with E-state index in [9.17, 15) is 4.79 Å². The van der Waals surface area contributed by atoms with E-state index in [-0.39, 0.29) is 5.91 Å². The molecule has 0 saturated heterocycles. The second-order valence-electron chi connectivity index (χ2n) is 4.50. The third-order valence-corrected chi connectivity index (χ3v) is 3.20. The molecule has 0 aromatic heterocycles. The molecule has 3 N–H and O–H groups in total. The van der Waals surface area contributed by atoms with Gasteiger partial charge >= 0.3 is 0 Å². The van der Waals surface area contributed by atoms with Gasteiger partial charge in [0.1, 0.15) is 0 Å². The van der Waals surface area contributed by atoms with E-state index in [1.807, 2.05) is 12.1 Å². The average Bonchev–Trinajstić information content (AvgIpc) is 2.36. The Hall–Kier alpha value is -1.82. The standard InChI is InChI=1S/C15H13Cl2N3OS/c1-9(21)18-12-3-2-4-13(8-12)19-15(22)20-14-6-10(16)5-11(17)7-14/h2-8H,1H3,(H,18,21)(H2,19,20,22). The zero-order valence-corrected chi connectivity index (χ0v) is 13.9. The average molecular weight is 354 g/mol. The fraction of sp³-hybridized carbons (Fsp3) is 0.0667. The number of amides is 1. The van der Waals surface area contributed by atoms with Gasteiger partial charge in [0.05, 0.1) is 0 Å². The number of benzene rings is 2. The van der Waals surface area contributed by atoms with Gasteiger partial charge < -0.3 is 16.0 Å². The highest BCUT2D eigenvalue weighted by Gasteiger charge is 2.03. The van der Waals surface area contributed by atoms with Crippen molar-refractivity contribution in [1.82, 2.24) is 0 Å². The summed E-state index contributed by atoms with van der Waals surface area (Å²) in [7, 11) is 0. The number of nitrogens with one attached hydrogen (secondary N) is 3. The minimum absolute atomic E-state index is 0.133. The summed E-state index contributed by atoms with van der Waals surface area (Å²) >= 11 is 17.1. The second-order valence-corrected chi connectivity index (χ2v) is 5.78. The number of hydrogen-bond donors (Lipinski definition) is 3. The van der Waals surface area contributed by atoms with Gasteiger partial charge in [0.25, 0.3) is 0 Å². The Morgan fingerprint density at radius 3 is 2.05 bits per heavy atom. The normalized spacial score (nSPS) is 9.95. The number of anilines is 3. The summed E-state index contributed by atoms with van der Waals surface area (Å²) in [6, 6.07) is 12.3. The van der Waals surface area contributed by atoms with Gasteiger partial charge in [-0.05, 0) is 48.6 Å². The summed E-state index contributed by atoms with van der Waals surface area (Å²) < 4.78 is 0. The van der Waals surface area contributed by atoms with Crippen molar-refractivity contribution in [2.45, 2.75) is 6.92 Å². The van der Waals surface area contributed by atoms with Gasteiger partial charge in [0.2, 0.25) is 5.91 Å². The Labute approximate surface area is 143 Å². The van der Waals surface area contributed by atoms with Crippen LogP contribution in [0.4, 0.5) is 17.1 Å². The van der Waals surface area contributed by atoms with E-state index in [0.717, 1.165) is 5.69 Å². The predicted octanol–water partition coefficient (Wildman–Crippen LogP) is 4.76. The maximum Gasteiger partial charge on any atom is 0.221 e. The van der Waals surface area contributed by atoms with Crippen LogP contribution in [0.3, 0.4) is 0 Å². The molecule has 2 aromatic carbocycles. The van der Waals surface area contributed by atoms with Gasteiger partial charge in [-0.2, -0.15) is 0 Å². The lowest BCUT2D eigenvalue weighted by atomic mass is 10.2.